The van der Waals surface area contributed by atoms with Crippen molar-refractivity contribution in [2.75, 3.05) is 0 Å². The maximum absolute atomic E-state index is 5.62. The minimum absolute atomic E-state index is 0.654. The van der Waals surface area contributed by atoms with E-state index in [1.165, 1.54) is 42.4 Å². The molecule has 1 aromatic carbocycles. The SMILES string of the molecule is CCCCCc1cc(CN)ccc1C. The predicted octanol–water partition coefficient (Wildman–Crippen LogP) is 3.19. The summed E-state index contributed by atoms with van der Waals surface area (Å²) in [4.78, 5) is 0. The molecule has 0 atom stereocenters. The van der Waals surface area contributed by atoms with E-state index < -0.39 is 0 Å². The molecule has 14 heavy (non-hydrogen) atoms. The zero-order chi connectivity index (χ0) is 10.4. The highest BCUT2D eigenvalue weighted by molar-refractivity contribution is 5.31. The second-order valence-electron chi connectivity index (χ2n) is 3.92. The molecule has 0 radical (unpaired) electrons. The van der Waals surface area contributed by atoms with Gasteiger partial charge in [0, 0.05) is 6.54 Å². The summed E-state index contributed by atoms with van der Waals surface area (Å²) in [5.74, 6) is 0. The number of aryl methyl sites for hydroxylation is 2. The number of benzene rings is 1. The molecule has 0 aliphatic heterocycles. The van der Waals surface area contributed by atoms with Crippen molar-refractivity contribution < 1.29 is 0 Å². The van der Waals surface area contributed by atoms with Crippen LogP contribution < -0.4 is 5.73 Å². The smallest absolute Gasteiger partial charge is 0.0178 e. The number of hydrogen-bond donors (Lipinski definition) is 1. The van der Waals surface area contributed by atoms with Gasteiger partial charge in [-0.2, -0.15) is 0 Å². The van der Waals surface area contributed by atoms with Crippen LogP contribution in [0.3, 0.4) is 0 Å². The van der Waals surface area contributed by atoms with Crippen molar-refractivity contribution in [2.24, 2.45) is 5.73 Å². The molecule has 0 saturated heterocycles. The van der Waals surface area contributed by atoms with Crippen LogP contribution in [0, 0.1) is 6.92 Å². The highest BCUT2D eigenvalue weighted by atomic mass is 14.5. The van der Waals surface area contributed by atoms with Gasteiger partial charge in [-0.1, -0.05) is 38.0 Å². The Morgan fingerprint density at radius 3 is 2.64 bits per heavy atom. The molecular formula is C13H21N. The fourth-order valence-corrected chi connectivity index (χ4v) is 1.69. The van der Waals surface area contributed by atoms with Gasteiger partial charge in [0.15, 0.2) is 0 Å². The van der Waals surface area contributed by atoms with E-state index in [9.17, 15) is 0 Å². The maximum Gasteiger partial charge on any atom is 0.0178 e. The molecule has 0 aliphatic carbocycles. The Hall–Kier alpha value is -0.820. The molecule has 0 fully saturated rings. The minimum atomic E-state index is 0.654. The maximum atomic E-state index is 5.62. The van der Waals surface area contributed by atoms with Crippen LogP contribution in [0.15, 0.2) is 18.2 Å². The summed E-state index contributed by atoms with van der Waals surface area (Å²) in [6, 6.07) is 6.56. The van der Waals surface area contributed by atoms with Crippen molar-refractivity contribution in [3.05, 3.63) is 34.9 Å². The fourth-order valence-electron chi connectivity index (χ4n) is 1.69. The Bertz CT molecular complexity index is 279. The van der Waals surface area contributed by atoms with Crippen LogP contribution in [-0.2, 0) is 13.0 Å². The van der Waals surface area contributed by atoms with Gasteiger partial charge >= 0.3 is 0 Å². The lowest BCUT2D eigenvalue weighted by atomic mass is 10.00. The van der Waals surface area contributed by atoms with Gasteiger partial charge in [0.05, 0.1) is 0 Å². The fraction of sp³-hybridized carbons (Fsp3) is 0.538. The second kappa shape index (κ2) is 5.82. The van der Waals surface area contributed by atoms with Crippen molar-refractivity contribution in [3.8, 4) is 0 Å². The van der Waals surface area contributed by atoms with E-state index in [0.29, 0.717) is 6.54 Å². The van der Waals surface area contributed by atoms with E-state index in [4.69, 9.17) is 5.73 Å². The van der Waals surface area contributed by atoms with Crippen molar-refractivity contribution in [3.63, 3.8) is 0 Å². The molecule has 2 N–H and O–H groups in total. The average molecular weight is 191 g/mol. The Morgan fingerprint density at radius 2 is 2.00 bits per heavy atom. The van der Waals surface area contributed by atoms with E-state index in [-0.39, 0.29) is 0 Å². The summed E-state index contributed by atoms with van der Waals surface area (Å²) < 4.78 is 0. The van der Waals surface area contributed by atoms with Gasteiger partial charge < -0.3 is 5.73 Å². The van der Waals surface area contributed by atoms with Crippen LogP contribution in [0.2, 0.25) is 0 Å². The standard InChI is InChI=1S/C13H21N/c1-3-4-5-6-13-9-12(10-14)8-7-11(13)2/h7-9H,3-6,10,14H2,1-2H3. The number of hydrogen-bond acceptors (Lipinski definition) is 1. The quantitative estimate of drug-likeness (QED) is 0.711. The van der Waals surface area contributed by atoms with Gasteiger partial charge in [-0.25, -0.2) is 0 Å². The molecule has 0 amide bonds. The highest BCUT2D eigenvalue weighted by Gasteiger charge is 1.99. The lowest BCUT2D eigenvalue weighted by Gasteiger charge is -2.07. The van der Waals surface area contributed by atoms with Crippen LogP contribution in [0.5, 0.6) is 0 Å². The lowest BCUT2D eigenvalue weighted by Crippen LogP contribution is -1.99. The molecule has 1 rings (SSSR count). The van der Waals surface area contributed by atoms with Crippen molar-refractivity contribution in [2.45, 2.75) is 46.1 Å². The first-order chi connectivity index (χ1) is 6.77. The number of unbranched alkanes of at least 4 members (excludes halogenated alkanes) is 2. The third kappa shape index (κ3) is 3.15. The zero-order valence-electron chi connectivity index (χ0n) is 9.34. The summed E-state index contributed by atoms with van der Waals surface area (Å²) in [6.45, 7) is 5.08. The molecule has 1 nitrogen and oxygen atoms in total. The monoisotopic (exact) mass is 191 g/mol. The first kappa shape index (κ1) is 11.3. The Balaban J connectivity index is 2.64. The van der Waals surface area contributed by atoms with E-state index in [1.807, 2.05) is 0 Å². The molecular weight excluding hydrogens is 170 g/mol. The first-order valence-corrected chi connectivity index (χ1v) is 5.56. The second-order valence-corrected chi connectivity index (χ2v) is 3.92. The van der Waals surface area contributed by atoms with Crippen LogP contribution in [0.1, 0.15) is 42.9 Å². The van der Waals surface area contributed by atoms with Crippen molar-refractivity contribution >= 4 is 0 Å². The summed E-state index contributed by atoms with van der Waals surface area (Å²) in [6.07, 6.45) is 5.11. The summed E-state index contributed by atoms with van der Waals surface area (Å²) in [5.41, 5.74) is 9.75. The van der Waals surface area contributed by atoms with Gasteiger partial charge in [0.2, 0.25) is 0 Å². The van der Waals surface area contributed by atoms with E-state index >= 15 is 0 Å². The van der Waals surface area contributed by atoms with Crippen LogP contribution in [0.4, 0.5) is 0 Å². The Morgan fingerprint density at radius 1 is 1.21 bits per heavy atom. The third-order valence-corrected chi connectivity index (χ3v) is 2.70. The summed E-state index contributed by atoms with van der Waals surface area (Å²) in [5, 5.41) is 0. The third-order valence-electron chi connectivity index (χ3n) is 2.70. The largest absolute Gasteiger partial charge is 0.326 e. The molecule has 0 aliphatic rings. The summed E-state index contributed by atoms with van der Waals surface area (Å²) in [7, 11) is 0. The molecule has 0 spiro atoms. The molecule has 78 valence electrons. The molecule has 0 saturated carbocycles. The highest BCUT2D eigenvalue weighted by Crippen LogP contribution is 2.14. The Labute approximate surface area is 87.3 Å². The topological polar surface area (TPSA) is 26.0 Å². The van der Waals surface area contributed by atoms with Crippen molar-refractivity contribution in [1.29, 1.82) is 0 Å². The van der Waals surface area contributed by atoms with E-state index in [0.717, 1.165) is 0 Å². The molecule has 0 aromatic heterocycles. The predicted molar refractivity (Wildman–Crippen MR) is 62.3 cm³/mol. The lowest BCUT2D eigenvalue weighted by molar-refractivity contribution is 0.715. The van der Waals surface area contributed by atoms with Crippen LogP contribution in [-0.4, -0.2) is 0 Å². The van der Waals surface area contributed by atoms with Crippen molar-refractivity contribution in [1.82, 2.24) is 0 Å². The molecule has 0 unspecified atom stereocenters. The zero-order valence-corrected chi connectivity index (χ0v) is 9.34. The molecule has 0 bridgehead atoms. The van der Waals surface area contributed by atoms with Crippen LogP contribution in [0.25, 0.3) is 0 Å². The number of rotatable bonds is 5. The first-order valence-electron chi connectivity index (χ1n) is 5.56. The van der Waals surface area contributed by atoms with Gasteiger partial charge in [0.25, 0.3) is 0 Å². The molecule has 1 aromatic rings. The van der Waals surface area contributed by atoms with Gasteiger partial charge in [-0.05, 0) is 36.5 Å². The van der Waals surface area contributed by atoms with Gasteiger partial charge in [-0.3, -0.25) is 0 Å². The average Bonchev–Trinajstić information content (AvgIpc) is 2.21. The van der Waals surface area contributed by atoms with Gasteiger partial charge in [0.1, 0.15) is 0 Å². The molecule has 1 heteroatoms. The van der Waals surface area contributed by atoms with Crippen LogP contribution >= 0.6 is 0 Å². The normalized spacial score (nSPS) is 10.5. The van der Waals surface area contributed by atoms with E-state index in [2.05, 4.69) is 32.0 Å². The molecule has 0 heterocycles. The Kier molecular flexibility index (Phi) is 4.68. The van der Waals surface area contributed by atoms with E-state index in [1.54, 1.807) is 0 Å². The minimum Gasteiger partial charge on any atom is -0.326 e. The van der Waals surface area contributed by atoms with Gasteiger partial charge in [-0.15, -0.1) is 0 Å². The summed E-state index contributed by atoms with van der Waals surface area (Å²) >= 11 is 0. The number of nitrogens with two attached hydrogens (primary N) is 1.